The molecule has 17 heavy (non-hydrogen) atoms. The molecule has 0 saturated heterocycles. The molecule has 1 heterocycles. The topological polar surface area (TPSA) is 54.7 Å². The van der Waals surface area contributed by atoms with Gasteiger partial charge in [-0.3, -0.25) is 5.10 Å². The highest BCUT2D eigenvalue weighted by atomic mass is 19.4. The number of nitrogens with zero attached hydrogens (tertiary/aromatic N) is 1. The number of fused-ring (bicyclic) bond motifs is 1. The molecule has 0 amide bonds. The summed E-state index contributed by atoms with van der Waals surface area (Å²) in [5.74, 6) is 0. The van der Waals surface area contributed by atoms with Crippen LogP contribution in [0, 0.1) is 0 Å². The van der Waals surface area contributed by atoms with Crippen molar-refractivity contribution in [2.75, 3.05) is 0 Å². The summed E-state index contributed by atoms with van der Waals surface area (Å²) in [7, 11) is 0. The lowest BCUT2D eigenvalue weighted by Gasteiger charge is -2.09. The van der Waals surface area contributed by atoms with Crippen LogP contribution in [0.3, 0.4) is 0 Å². The van der Waals surface area contributed by atoms with E-state index in [1.165, 1.54) is 6.07 Å². The van der Waals surface area contributed by atoms with Crippen LogP contribution in [0.1, 0.15) is 24.1 Å². The first kappa shape index (κ1) is 10.6. The summed E-state index contributed by atoms with van der Waals surface area (Å²) in [6.45, 7) is 0. The monoisotopic (exact) mass is 241 g/mol. The third-order valence-electron chi connectivity index (χ3n) is 3.20. The van der Waals surface area contributed by atoms with Crippen molar-refractivity contribution < 1.29 is 13.2 Å². The van der Waals surface area contributed by atoms with E-state index in [1.54, 1.807) is 12.1 Å². The largest absolute Gasteiger partial charge is 0.433 e. The quantitative estimate of drug-likeness (QED) is 0.806. The van der Waals surface area contributed by atoms with E-state index in [-0.39, 0.29) is 5.39 Å². The fourth-order valence-electron chi connectivity index (χ4n) is 1.96. The molecule has 1 aromatic carbocycles. The van der Waals surface area contributed by atoms with E-state index >= 15 is 0 Å². The van der Waals surface area contributed by atoms with Gasteiger partial charge in [-0.2, -0.15) is 18.3 Å². The van der Waals surface area contributed by atoms with Crippen molar-refractivity contribution in [3.8, 4) is 0 Å². The van der Waals surface area contributed by atoms with Crippen LogP contribution in [0.2, 0.25) is 0 Å². The fourth-order valence-corrected chi connectivity index (χ4v) is 1.96. The number of rotatable bonds is 1. The zero-order valence-electron chi connectivity index (χ0n) is 8.80. The van der Waals surface area contributed by atoms with Gasteiger partial charge in [0.25, 0.3) is 0 Å². The van der Waals surface area contributed by atoms with Gasteiger partial charge in [0.1, 0.15) is 5.69 Å². The van der Waals surface area contributed by atoms with E-state index in [2.05, 4.69) is 5.10 Å². The van der Waals surface area contributed by atoms with E-state index in [4.69, 9.17) is 5.73 Å². The first-order valence-electron chi connectivity index (χ1n) is 5.25. The van der Waals surface area contributed by atoms with E-state index in [9.17, 15) is 13.2 Å². The Morgan fingerprint density at radius 2 is 2.00 bits per heavy atom. The summed E-state index contributed by atoms with van der Waals surface area (Å²) in [6.07, 6.45) is -2.78. The van der Waals surface area contributed by atoms with Crippen LogP contribution in [0.15, 0.2) is 18.2 Å². The Morgan fingerprint density at radius 3 is 2.59 bits per heavy atom. The second-order valence-electron chi connectivity index (χ2n) is 4.48. The lowest BCUT2D eigenvalue weighted by atomic mass is 10.0. The highest BCUT2D eigenvalue weighted by Crippen LogP contribution is 2.44. The maximum absolute atomic E-state index is 12.7. The van der Waals surface area contributed by atoms with Gasteiger partial charge in [-0.05, 0) is 30.5 Å². The zero-order chi connectivity index (χ0) is 12.3. The zero-order valence-corrected chi connectivity index (χ0v) is 8.80. The van der Waals surface area contributed by atoms with Gasteiger partial charge in [-0.15, -0.1) is 0 Å². The molecule has 1 aromatic heterocycles. The number of hydrogen-bond donors (Lipinski definition) is 2. The van der Waals surface area contributed by atoms with Crippen LogP contribution in [0.25, 0.3) is 10.9 Å². The van der Waals surface area contributed by atoms with Gasteiger partial charge in [0.05, 0.1) is 5.52 Å². The second kappa shape index (κ2) is 3.01. The molecule has 6 heteroatoms. The van der Waals surface area contributed by atoms with Crippen molar-refractivity contribution in [3.05, 3.63) is 29.5 Å². The van der Waals surface area contributed by atoms with Gasteiger partial charge in [0, 0.05) is 10.9 Å². The van der Waals surface area contributed by atoms with Crippen LogP contribution >= 0.6 is 0 Å². The van der Waals surface area contributed by atoms with Crippen molar-refractivity contribution in [3.63, 3.8) is 0 Å². The normalized spacial score (nSPS) is 18.6. The van der Waals surface area contributed by atoms with Gasteiger partial charge < -0.3 is 5.73 Å². The molecule has 2 aromatic rings. The number of alkyl halides is 3. The Kier molecular flexibility index (Phi) is 1.87. The van der Waals surface area contributed by atoms with Crippen LogP contribution in [-0.2, 0) is 11.7 Å². The fraction of sp³-hybridized carbons (Fsp3) is 0.364. The molecule has 1 saturated carbocycles. The van der Waals surface area contributed by atoms with Crippen molar-refractivity contribution in [1.29, 1.82) is 0 Å². The maximum Gasteiger partial charge on any atom is 0.433 e. The summed E-state index contributed by atoms with van der Waals surface area (Å²) >= 11 is 0. The van der Waals surface area contributed by atoms with Gasteiger partial charge in [-0.1, -0.05) is 6.07 Å². The van der Waals surface area contributed by atoms with Crippen molar-refractivity contribution in [2.24, 2.45) is 5.73 Å². The van der Waals surface area contributed by atoms with Crippen molar-refractivity contribution in [1.82, 2.24) is 10.2 Å². The predicted octanol–water partition coefficient (Wildman–Crippen LogP) is 2.53. The Bertz CT molecular complexity index is 581. The lowest BCUT2D eigenvalue weighted by Crippen LogP contribution is -2.18. The molecule has 0 aliphatic heterocycles. The molecule has 3 rings (SSSR count). The maximum atomic E-state index is 12.7. The lowest BCUT2D eigenvalue weighted by molar-refractivity contribution is -0.139. The van der Waals surface area contributed by atoms with Crippen molar-refractivity contribution >= 4 is 10.9 Å². The number of hydrogen-bond acceptors (Lipinski definition) is 2. The van der Waals surface area contributed by atoms with Gasteiger partial charge >= 0.3 is 6.18 Å². The van der Waals surface area contributed by atoms with Gasteiger partial charge in [-0.25, -0.2) is 0 Å². The number of benzene rings is 1. The van der Waals surface area contributed by atoms with E-state index in [1.807, 2.05) is 5.10 Å². The molecule has 0 spiro atoms. The Labute approximate surface area is 94.8 Å². The molecule has 1 aliphatic carbocycles. The molecule has 0 atom stereocenters. The molecular weight excluding hydrogens is 231 g/mol. The van der Waals surface area contributed by atoms with Crippen LogP contribution in [0.4, 0.5) is 13.2 Å². The first-order valence-corrected chi connectivity index (χ1v) is 5.25. The average Bonchev–Trinajstić information content (AvgIpc) is 2.85. The molecule has 0 bridgehead atoms. The van der Waals surface area contributed by atoms with Crippen LogP contribution in [-0.4, -0.2) is 10.2 Å². The summed E-state index contributed by atoms with van der Waals surface area (Å²) < 4.78 is 38.1. The van der Waals surface area contributed by atoms with E-state index < -0.39 is 17.4 Å². The predicted molar refractivity (Wildman–Crippen MR) is 56.2 cm³/mol. The minimum Gasteiger partial charge on any atom is -0.321 e. The number of nitrogens with two attached hydrogens (primary N) is 1. The van der Waals surface area contributed by atoms with E-state index in [0.717, 1.165) is 18.4 Å². The molecular formula is C11H10F3N3. The molecule has 3 nitrogen and oxygen atoms in total. The van der Waals surface area contributed by atoms with Gasteiger partial charge in [0.2, 0.25) is 0 Å². The molecule has 90 valence electrons. The minimum absolute atomic E-state index is 0.0896. The smallest absolute Gasteiger partial charge is 0.321 e. The van der Waals surface area contributed by atoms with Crippen molar-refractivity contribution in [2.45, 2.75) is 24.6 Å². The van der Waals surface area contributed by atoms with Gasteiger partial charge in [0.15, 0.2) is 0 Å². The Balaban J connectivity index is 2.20. The number of aromatic nitrogens is 2. The van der Waals surface area contributed by atoms with Crippen LogP contribution < -0.4 is 5.73 Å². The molecule has 0 radical (unpaired) electrons. The SMILES string of the molecule is NC1(c2ccc3n[nH]c(C(F)(F)F)c3c2)CC1. The Hall–Kier alpha value is -1.56. The second-order valence-corrected chi connectivity index (χ2v) is 4.48. The summed E-state index contributed by atoms with van der Waals surface area (Å²) in [5.41, 5.74) is 5.79. The standard InChI is InChI=1S/C11H10F3N3/c12-11(13,14)9-7-5-6(10(15)3-4-10)1-2-8(7)16-17-9/h1-2,5H,3-4,15H2,(H,16,17). The Morgan fingerprint density at radius 1 is 1.29 bits per heavy atom. The number of H-pyrrole nitrogens is 1. The minimum atomic E-state index is -4.42. The number of aromatic amines is 1. The number of halogens is 3. The molecule has 1 aliphatic rings. The summed E-state index contributed by atoms with van der Waals surface area (Å²) in [4.78, 5) is 0. The van der Waals surface area contributed by atoms with E-state index in [0.29, 0.717) is 5.52 Å². The third kappa shape index (κ3) is 1.59. The summed E-state index contributed by atoms with van der Waals surface area (Å²) in [5, 5.41) is 5.77. The third-order valence-corrected chi connectivity index (χ3v) is 3.20. The highest BCUT2D eigenvalue weighted by molar-refractivity contribution is 5.83. The number of nitrogens with one attached hydrogen (secondary N) is 1. The molecule has 1 fully saturated rings. The average molecular weight is 241 g/mol. The first-order chi connectivity index (χ1) is 7.90. The van der Waals surface area contributed by atoms with Crippen LogP contribution in [0.5, 0.6) is 0 Å². The molecule has 3 N–H and O–H groups in total. The highest BCUT2D eigenvalue weighted by Gasteiger charge is 2.41. The summed E-state index contributed by atoms with van der Waals surface area (Å²) in [6, 6.07) is 4.81. The molecule has 0 unspecified atom stereocenters.